The fraction of sp³-hybridized carbons (Fsp3) is 0.200. The molecule has 3 nitrogen and oxygen atoms in total. The molecule has 0 amide bonds. The zero-order valence-corrected chi connectivity index (χ0v) is 8.38. The smallest absolute Gasteiger partial charge is 0.318 e. The SMILES string of the molecule is CC(=O)CC(=O)Oc1ccccc1Cl. The highest BCUT2D eigenvalue weighted by atomic mass is 35.5. The third kappa shape index (κ3) is 3.18. The Labute approximate surface area is 86.6 Å². The Morgan fingerprint density at radius 1 is 1.36 bits per heavy atom. The van der Waals surface area contributed by atoms with Crippen molar-refractivity contribution >= 4 is 23.4 Å². The van der Waals surface area contributed by atoms with Crippen LogP contribution in [0.15, 0.2) is 24.3 Å². The molecule has 14 heavy (non-hydrogen) atoms. The van der Waals surface area contributed by atoms with Gasteiger partial charge in [-0.3, -0.25) is 9.59 Å². The van der Waals surface area contributed by atoms with Gasteiger partial charge in [0.1, 0.15) is 18.0 Å². The number of carbonyl (C=O) groups excluding carboxylic acids is 2. The van der Waals surface area contributed by atoms with E-state index in [1.807, 2.05) is 0 Å². The number of Topliss-reactive ketones (excluding diaryl/α,β-unsaturated/α-hetero) is 1. The minimum Gasteiger partial charge on any atom is -0.425 e. The molecule has 0 aliphatic carbocycles. The molecule has 0 aliphatic rings. The van der Waals surface area contributed by atoms with Gasteiger partial charge in [0.05, 0.1) is 5.02 Å². The average Bonchev–Trinajstić information content (AvgIpc) is 2.07. The van der Waals surface area contributed by atoms with Gasteiger partial charge in [-0.05, 0) is 19.1 Å². The number of hydrogen-bond donors (Lipinski definition) is 0. The molecular weight excluding hydrogens is 204 g/mol. The lowest BCUT2D eigenvalue weighted by molar-refractivity contribution is -0.137. The first-order valence-electron chi connectivity index (χ1n) is 4.04. The highest BCUT2D eigenvalue weighted by molar-refractivity contribution is 6.32. The molecule has 0 N–H and O–H groups in total. The average molecular weight is 213 g/mol. The molecule has 0 radical (unpaired) electrons. The minimum absolute atomic E-state index is 0.231. The van der Waals surface area contributed by atoms with Crippen molar-refractivity contribution in [3.63, 3.8) is 0 Å². The fourth-order valence-electron chi connectivity index (χ4n) is 0.889. The quantitative estimate of drug-likeness (QED) is 0.438. The molecule has 0 heterocycles. The van der Waals surface area contributed by atoms with E-state index in [2.05, 4.69) is 0 Å². The van der Waals surface area contributed by atoms with Crippen LogP contribution in [-0.4, -0.2) is 11.8 Å². The van der Waals surface area contributed by atoms with Crippen LogP contribution in [0.2, 0.25) is 5.02 Å². The number of halogens is 1. The zero-order valence-electron chi connectivity index (χ0n) is 7.62. The monoisotopic (exact) mass is 212 g/mol. The molecule has 0 aliphatic heterocycles. The molecule has 0 atom stereocenters. The van der Waals surface area contributed by atoms with Crippen molar-refractivity contribution in [2.45, 2.75) is 13.3 Å². The van der Waals surface area contributed by atoms with E-state index >= 15 is 0 Å². The van der Waals surface area contributed by atoms with Crippen molar-refractivity contribution in [2.24, 2.45) is 0 Å². The Hall–Kier alpha value is -1.35. The summed E-state index contributed by atoms with van der Waals surface area (Å²) in [6.07, 6.45) is -0.231. The Morgan fingerprint density at radius 2 is 2.00 bits per heavy atom. The van der Waals surface area contributed by atoms with Crippen molar-refractivity contribution in [3.8, 4) is 5.75 Å². The Morgan fingerprint density at radius 3 is 2.57 bits per heavy atom. The van der Waals surface area contributed by atoms with Crippen molar-refractivity contribution in [3.05, 3.63) is 29.3 Å². The number of esters is 1. The second-order valence-corrected chi connectivity index (χ2v) is 3.19. The molecule has 0 unspecified atom stereocenters. The molecule has 74 valence electrons. The second-order valence-electron chi connectivity index (χ2n) is 2.78. The van der Waals surface area contributed by atoms with Crippen LogP contribution in [0.4, 0.5) is 0 Å². The largest absolute Gasteiger partial charge is 0.425 e. The van der Waals surface area contributed by atoms with E-state index in [-0.39, 0.29) is 18.0 Å². The fourth-order valence-corrected chi connectivity index (χ4v) is 1.06. The van der Waals surface area contributed by atoms with E-state index in [9.17, 15) is 9.59 Å². The maximum atomic E-state index is 11.1. The topological polar surface area (TPSA) is 43.4 Å². The lowest BCUT2D eigenvalue weighted by atomic mass is 10.3. The van der Waals surface area contributed by atoms with Crippen LogP contribution < -0.4 is 4.74 Å². The molecule has 0 saturated heterocycles. The van der Waals surface area contributed by atoms with Gasteiger partial charge >= 0.3 is 5.97 Å². The summed E-state index contributed by atoms with van der Waals surface area (Å²) >= 11 is 5.74. The van der Waals surface area contributed by atoms with E-state index in [1.54, 1.807) is 24.3 Å². The number of para-hydroxylation sites is 1. The molecule has 0 spiro atoms. The van der Waals surface area contributed by atoms with Crippen molar-refractivity contribution in [1.82, 2.24) is 0 Å². The number of benzene rings is 1. The van der Waals surface area contributed by atoms with Crippen LogP contribution in [0, 0.1) is 0 Å². The molecule has 0 aromatic heterocycles. The van der Waals surface area contributed by atoms with Crippen LogP contribution in [0.5, 0.6) is 5.75 Å². The molecule has 0 saturated carbocycles. The van der Waals surface area contributed by atoms with Crippen LogP contribution >= 0.6 is 11.6 Å². The third-order valence-electron chi connectivity index (χ3n) is 1.45. The van der Waals surface area contributed by atoms with Gasteiger partial charge in [0.25, 0.3) is 0 Å². The Balaban J connectivity index is 2.65. The van der Waals surface area contributed by atoms with Crippen LogP contribution in [0.25, 0.3) is 0 Å². The summed E-state index contributed by atoms with van der Waals surface area (Å²) in [4.78, 5) is 21.7. The standard InChI is InChI=1S/C10H9ClO3/c1-7(12)6-10(13)14-9-5-3-2-4-8(9)11/h2-5H,6H2,1H3. The molecule has 1 aromatic rings. The maximum absolute atomic E-state index is 11.1. The summed E-state index contributed by atoms with van der Waals surface area (Å²) in [5.41, 5.74) is 0. The number of carbonyl (C=O) groups is 2. The Kier molecular flexibility index (Phi) is 3.65. The first-order chi connectivity index (χ1) is 6.59. The number of rotatable bonds is 3. The van der Waals surface area contributed by atoms with Gasteiger partial charge in [-0.1, -0.05) is 23.7 Å². The summed E-state index contributed by atoms with van der Waals surface area (Å²) in [6, 6.07) is 6.60. The van der Waals surface area contributed by atoms with Gasteiger partial charge in [0.2, 0.25) is 0 Å². The number of ether oxygens (including phenoxy) is 1. The molecule has 0 bridgehead atoms. The summed E-state index contributed by atoms with van der Waals surface area (Å²) in [6.45, 7) is 1.33. The Bertz CT molecular complexity index is 360. The maximum Gasteiger partial charge on any atom is 0.318 e. The molecule has 0 fully saturated rings. The summed E-state index contributed by atoms with van der Waals surface area (Å²) in [5.74, 6) is -0.548. The van der Waals surface area contributed by atoms with E-state index < -0.39 is 5.97 Å². The summed E-state index contributed by atoms with van der Waals surface area (Å²) < 4.78 is 4.86. The van der Waals surface area contributed by atoms with Gasteiger partial charge in [-0.15, -0.1) is 0 Å². The summed E-state index contributed by atoms with van der Waals surface area (Å²) in [5, 5.41) is 0.351. The van der Waals surface area contributed by atoms with Gasteiger partial charge in [-0.25, -0.2) is 0 Å². The van der Waals surface area contributed by atoms with E-state index in [1.165, 1.54) is 6.92 Å². The second kappa shape index (κ2) is 4.77. The molecular formula is C10H9ClO3. The van der Waals surface area contributed by atoms with E-state index in [0.29, 0.717) is 5.02 Å². The minimum atomic E-state index is -0.592. The van der Waals surface area contributed by atoms with Crippen molar-refractivity contribution in [1.29, 1.82) is 0 Å². The first-order valence-corrected chi connectivity index (χ1v) is 4.42. The number of ketones is 1. The lowest BCUT2D eigenvalue weighted by Gasteiger charge is -2.03. The van der Waals surface area contributed by atoms with Crippen LogP contribution in [-0.2, 0) is 9.59 Å². The van der Waals surface area contributed by atoms with Crippen LogP contribution in [0.3, 0.4) is 0 Å². The lowest BCUT2D eigenvalue weighted by Crippen LogP contribution is -2.11. The third-order valence-corrected chi connectivity index (χ3v) is 1.77. The van der Waals surface area contributed by atoms with Crippen LogP contribution in [0.1, 0.15) is 13.3 Å². The predicted octanol–water partition coefficient (Wildman–Crippen LogP) is 2.22. The highest BCUT2D eigenvalue weighted by Gasteiger charge is 2.09. The van der Waals surface area contributed by atoms with Gasteiger partial charge in [-0.2, -0.15) is 0 Å². The highest BCUT2D eigenvalue weighted by Crippen LogP contribution is 2.23. The van der Waals surface area contributed by atoms with E-state index in [4.69, 9.17) is 16.3 Å². The predicted molar refractivity (Wildman–Crippen MR) is 52.4 cm³/mol. The first kappa shape index (κ1) is 10.7. The molecule has 4 heteroatoms. The van der Waals surface area contributed by atoms with Crippen molar-refractivity contribution < 1.29 is 14.3 Å². The van der Waals surface area contributed by atoms with Gasteiger partial charge in [0.15, 0.2) is 0 Å². The number of hydrogen-bond acceptors (Lipinski definition) is 3. The molecule has 1 rings (SSSR count). The normalized spacial score (nSPS) is 9.57. The zero-order chi connectivity index (χ0) is 10.6. The summed E-state index contributed by atoms with van der Waals surface area (Å²) in [7, 11) is 0. The van der Waals surface area contributed by atoms with Gasteiger partial charge in [0, 0.05) is 0 Å². The van der Waals surface area contributed by atoms with E-state index in [0.717, 1.165) is 0 Å². The van der Waals surface area contributed by atoms with Gasteiger partial charge < -0.3 is 4.74 Å². The molecule has 1 aromatic carbocycles. The van der Waals surface area contributed by atoms with Crippen molar-refractivity contribution in [2.75, 3.05) is 0 Å².